The molecule has 0 unspecified atom stereocenters. The normalized spacial score (nSPS) is 10.7. The molecule has 0 spiro atoms. The number of thiol groups is 1. The van der Waals surface area contributed by atoms with E-state index in [0.717, 1.165) is 20.4 Å². The van der Waals surface area contributed by atoms with Crippen molar-refractivity contribution >= 4 is 39.6 Å². The van der Waals surface area contributed by atoms with Crippen molar-refractivity contribution in [2.45, 2.75) is 4.90 Å². The molecule has 0 saturated heterocycles. The first-order valence-corrected chi connectivity index (χ1v) is 4.33. The van der Waals surface area contributed by atoms with Gasteiger partial charge in [0.25, 0.3) is 0 Å². The minimum Gasteiger partial charge on any atom is -0.344 e. The molecule has 2 aromatic rings. The van der Waals surface area contributed by atoms with Crippen LogP contribution in [0.25, 0.3) is 11.0 Å². The number of nitrogens with one attached hydrogen (secondary N) is 1. The number of benzene rings is 1. The maximum Gasteiger partial charge on any atom is 0.104 e. The molecule has 0 fully saturated rings. The second kappa shape index (κ2) is 2.53. The highest BCUT2D eigenvalue weighted by atomic mass is 79.9. The molecule has 0 atom stereocenters. The van der Waals surface area contributed by atoms with Crippen LogP contribution in [-0.4, -0.2) is 9.97 Å². The summed E-state index contributed by atoms with van der Waals surface area (Å²) in [6.45, 7) is 0. The average molecular weight is 229 g/mol. The van der Waals surface area contributed by atoms with Gasteiger partial charge in [-0.25, -0.2) is 4.98 Å². The molecule has 2 nitrogen and oxygen atoms in total. The molecule has 1 aromatic heterocycles. The first kappa shape index (κ1) is 7.18. The summed E-state index contributed by atoms with van der Waals surface area (Å²) in [5.41, 5.74) is 1.90. The zero-order chi connectivity index (χ0) is 7.84. The number of rotatable bonds is 0. The molecule has 0 aliphatic heterocycles. The lowest BCUT2D eigenvalue weighted by Crippen LogP contribution is -1.73. The van der Waals surface area contributed by atoms with Gasteiger partial charge in [-0.1, -0.05) is 0 Å². The predicted molar refractivity (Wildman–Crippen MR) is 51.0 cm³/mol. The second-order valence-corrected chi connectivity index (χ2v) is 3.53. The SMILES string of the molecule is Sc1ccc(Br)c2nc[nH]c12. The Morgan fingerprint density at radius 2 is 2.27 bits per heavy atom. The van der Waals surface area contributed by atoms with E-state index in [1.165, 1.54) is 0 Å². The lowest BCUT2D eigenvalue weighted by atomic mass is 10.3. The molecule has 0 aliphatic rings. The molecular weight excluding hydrogens is 224 g/mol. The maximum absolute atomic E-state index is 4.27. The highest BCUT2D eigenvalue weighted by Gasteiger charge is 2.02. The zero-order valence-corrected chi connectivity index (χ0v) is 7.98. The molecule has 2 rings (SSSR count). The summed E-state index contributed by atoms with van der Waals surface area (Å²) in [6.07, 6.45) is 1.66. The van der Waals surface area contributed by atoms with Gasteiger partial charge in [0.15, 0.2) is 0 Å². The van der Waals surface area contributed by atoms with E-state index in [2.05, 4.69) is 38.5 Å². The van der Waals surface area contributed by atoms with Crippen molar-refractivity contribution in [2.24, 2.45) is 0 Å². The Balaban J connectivity index is 2.96. The van der Waals surface area contributed by atoms with Gasteiger partial charge in [-0.05, 0) is 28.1 Å². The summed E-state index contributed by atoms with van der Waals surface area (Å²) >= 11 is 7.67. The second-order valence-electron chi connectivity index (χ2n) is 2.19. The van der Waals surface area contributed by atoms with E-state index in [-0.39, 0.29) is 0 Å². The summed E-state index contributed by atoms with van der Waals surface area (Å²) in [5, 5.41) is 0. The van der Waals surface area contributed by atoms with Crippen molar-refractivity contribution in [3.05, 3.63) is 22.9 Å². The fourth-order valence-corrected chi connectivity index (χ4v) is 1.66. The summed E-state index contributed by atoms with van der Waals surface area (Å²) in [6, 6.07) is 3.86. The van der Waals surface area contributed by atoms with E-state index in [0.29, 0.717) is 0 Å². The van der Waals surface area contributed by atoms with Crippen molar-refractivity contribution < 1.29 is 0 Å². The van der Waals surface area contributed by atoms with E-state index in [1.807, 2.05) is 12.1 Å². The fraction of sp³-hybridized carbons (Fsp3) is 0. The number of halogens is 1. The lowest BCUT2D eigenvalue weighted by Gasteiger charge is -1.94. The third kappa shape index (κ3) is 1.06. The van der Waals surface area contributed by atoms with Gasteiger partial charge in [-0.15, -0.1) is 12.6 Å². The fourth-order valence-electron chi connectivity index (χ4n) is 0.985. The number of imidazole rings is 1. The third-order valence-corrected chi connectivity index (χ3v) is 2.52. The molecule has 0 amide bonds. The molecule has 56 valence electrons. The van der Waals surface area contributed by atoms with Crippen LogP contribution in [0.2, 0.25) is 0 Å². The van der Waals surface area contributed by atoms with Gasteiger partial charge in [0.1, 0.15) is 5.52 Å². The average Bonchev–Trinajstić information content (AvgIpc) is 2.45. The molecule has 1 N–H and O–H groups in total. The van der Waals surface area contributed by atoms with Gasteiger partial charge < -0.3 is 4.98 Å². The van der Waals surface area contributed by atoms with Crippen molar-refractivity contribution in [1.82, 2.24) is 9.97 Å². The maximum atomic E-state index is 4.27. The zero-order valence-electron chi connectivity index (χ0n) is 5.50. The number of H-pyrrole nitrogens is 1. The van der Waals surface area contributed by atoms with Crippen molar-refractivity contribution in [1.29, 1.82) is 0 Å². The van der Waals surface area contributed by atoms with Gasteiger partial charge >= 0.3 is 0 Å². The van der Waals surface area contributed by atoms with Gasteiger partial charge in [0.2, 0.25) is 0 Å². The van der Waals surface area contributed by atoms with Crippen LogP contribution >= 0.6 is 28.6 Å². The summed E-state index contributed by atoms with van der Waals surface area (Å²) in [5.74, 6) is 0. The highest BCUT2D eigenvalue weighted by molar-refractivity contribution is 9.10. The molecule has 0 saturated carbocycles. The van der Waals surface area contributed by atoms with Crippen molar-refractivity contribution in [3.63, 3.8) is 0 Å². The van der Waals surface area contributed by atoms with Crippen molar-refractivity contribution in [3.8, 4) is 0 Å². The Bertz CT molecular complexity index is 360. The number of fused-ring (bicyclic) bond motifs is 1. The monoisotopic (exact) mass is 228 g/mol. The number of nitrogens with zero attached hydrogens (tertiary/aromatic N) is 1. The van der Waals surface area contributed by atoms with Crippen LogP contribution in [0.3, 0.4) is 0 Å². The smallest absolute Gasteiger partial charge is 0.104 e. The number of hydrogen-bond donors (Lipinski definition) is 2. The number of aromatic amines is 1. The van der Waals surface area contributed by atoms with Gasteiger partial charge in [0, 0.05) is 9.37 Å². The van der Waals surface area contributed by atoms with Crippen LogP contribution in [0.15, 0.2) is 27.8 Å². The third-order valence-electron chi connectivity index (χ3n) is 1.51. The van der Waals surface area contributed by atoms with Crippen LogP contribution in [0.5, 0.6) is 0 Å². The van der Waals surface area contributed by atoms with E-state index in [9.17, 15) is 0 Å². The van der Waals surface area contributed by atoms with Crippen LogP contribution in [0.1, 0.15) is 0 Å². The van der Waals surface area contributed by atoms with Crippen LogP contribution < -0.4 is 0 Å². The summed E-state index contributed by atoms with van der Waals surface area (Å²) in [4.78, 5) is 8.06. The van der Waals surface area contributed by atoms with Gasteiger partial charge in [-0.3, -0.25) is 0 Å². The molecule has 11 heavy (non-hydrogen) atoms. The Kier molecular flexibility index (Phi) is 1.65. The van der Waals surface area contributed by atoms with Crippen molar-refractivity contribution in [2.75, 3.05) is 0 Å². The quantitative estimate of drug-likeness (QED) is 0.668. The first-order chi connectivity index (χ1) is 5.29. The number of aromatic nitrogens is 2. The highest BCUT2D eigenvalue weighted by Crippen LogP contribution is 2.25. The Morgan fingerprint density at radius 1 is 1.45 bits per heavy atom. The Labute approximate surface area is 77.6 Å². The van der Waals surface area contributed by atoms with E-state index in [4.69, 9.17) is 0 Å². The molecule has 0 radical (unpaired) electrons. The summed E-state index contributed by atoms with van der Waals surface area (Å²) in [7, 11) is 0. The van der Waals surface area contributed by atoms with E-state index in [1.54, 1.807) is 6.33 Å². The van der Waals surface area contributed by atoms with Crippen LogP contribution in [0, 0.1) is 0 Å². The minimum absolute atomic E-state index is 0.917. The molecular formula is C7H5BrN2S. The molecule has 0 aliphatic carbocycles. The molecule has 1 heterocycles. The molecule has 1 aromatic carbocycles. The van der Waals surface area contributed by atoms with Crippen LogP contribution in [-0.2, 0) is 0 Å². The standard InChI is InChI=1S/C7H5BrN2S/c8-4-1-2-5(11)7-6(4)9-3-10-7/h1-3,11H,(H,9,10). The van der Waals surface area contributed by atoms with Gasteiger partial charge in [0.05, 0.1) is 11.8 Å². The van der Waals surface area contributed by atoms with Gasteiger partial charge in [-0.2, -0.15) is 0 Å². The Morgan fingerprint density at radius 3 is 3.00 bits per heavy atom. The molecule has 0 bridgehead atoms. The van der Waals surface area contributed by atoms with E-state index < -0.39 is 0 Å². The first-order valence-electron chi connectivity index (χ1n) is 3.09. The van der Waals surface area contributed by atoms with Crippen LogP contribution in [0.4, 0.5) is 0 Å². The van der Waals surface area contributed by atoms with E-state index >= 15 is 0 Å². The number of hydrogen-bond acceptors (Lipinski definition) is 2. The molecule has 4 heteroatoms. The Hall–Kier alpha value is -0.480. The summed E-state index contributed by atoms with van der Waals surface area (Å²) < 4.78 is 0.992. The largest absolute Gasteiger partial charge is 0.344 e. The topological polar surface area (TPSA) is 28.7 Å². The lowest BCUT2D eigenvalue weighted by molar-refractivity contribution is 1.33. The minimum atomic E-state index is 0.917. The predicted octanol–water partition coefficient (Wildman–Crippen LogP) is 2.61.